The van der Waals surface area contributed by atoms with Gasteiger partial charge in [0.15, 0.2) is 0 Å². The smallest absolute Gasteiger partial charge is 0.131 e. The Bertz CT molecular complexity index is 611. The van der Waals surface area contributed by atoms with Crippen molar-refractivity contribution < 1.29 is 13.2 Å². The molecule has 1 unspecified atom stereocenters. The topological polar surface area (TPSA) is 12.0 Å². The number of benzene rings is 2. The van der Waals surface area contributed by atoms with Crippen LogP contribution in [0.2, 0.25) is 5.02 Å². The lowest BCUT2D eigenvalue weighted by atomic mass is 9.97. The fourth-order valence-corrected chi connectivity index (χ4v) is 2.41. The molecule has 1 nitrogen and oxygen atoms in total. The molecule has 112 valence electrons. The van der Waals surface area contributed by atoms with E-state index < -0.39 is 23.5 Å². The first-order valence-corrected chi connectivity index (χ1v) is 7.04. The maximum atomic E-state index is 14.0. The first-order valence-electron chi connectivity index (χ1n) is 6.66. The molecule has 0 aliphatic heterocycles. The van der Waals surface area contributed by atoms with Gasteiger partial charge >= 0.3 is 0 Å². The molecule has 0 radical (unpaired) electrons. The molecule has 0 aliphatic rings. The fraction of sp³-hybridized carbons (Fsp3) is 0.250. The van der Waals surface area contributed by atoms with Crippen LogP contribution in [0, 0.1) is 17.5 Å². The predicted octanol–water partition coefficient (Wildman–Crippen LogP) is 4.85. The largest absolute Gasteiger partial charge is 0.306 e. The van der Waals surface area contributed by atoms with Crippen molar-refractivity contribution in [1.82, 2.24) is 5.32 Å². The van der Waals surface area contributed by atoms with E-state index in [-0.39, 0.29) is 10.6 Å². The van der Waals surface area contributed by atoms with E-state index in [4.69, 9.17) is 11.6 Å². The number of nitrogens with one attached hydrogen (secondary N) is 1. The molecule has 1 N–H and O–H groups in total. The van der Waals surface area contributed by atoms with E-state index in [1.54, 1.807) is 0 Å². The first kappa shape index (κ1) is 15.9. The molecular weight excluding hydrogens is 299 g/mol. The van der Waals surface area contributed by atoms with Crippen molar-refractivity contribution in [2.45, 2.75) is 19.4 Å². The van der Waals surface area contributed by atoms with Crippen LogP contribution in [0.15, 0.2) is 36.4 Å². The number of rotatable bonds is 5. The van der Waals surface area contributed by atoms with E-state index in [1.165, 1.54) is 36.4 Å². The van der Waals surface area contributed by atoms with Crippen LogP contribution in [0.5, 0.6) is 0 Å². The van der Waals surface area contributed by atoms with Gasteiger partial charge in [-0.15, -0.1) is 0 Å². The van der Waals surface area contributed by atoms with E-state index in [0.717, 1.165) is 6.42 Å². The average molecular weight is 314 g/mol. The van der Waals surface area contributed by atoms with Crippen LogP contribution in [-0.2, 0) is 0 Å². The standard InChI is InChI=1S/C16H15ClF3N/c1-2-8-21-16(11-9-10(18)6-7-12(11)17)15-13(19)4-3-5-14(15)20/h3-7,9,16,21H,2,8H2,1H3. The summed E-state index contributed by atoms with van der Waals surface area (Å²) in [4.78, 5) is 0. The third-order valence-electron chi connectivity index (χ3n) is 3.16. The van der Waals surface area contributed by atoms with Crippen LogP contribution in [0.3, 0.4) is 0 Å². The zero-order valence-electron chi connectivity index (χ0n) is 11.5. The summed E-state index contributed by atoms with van der Waals surface area (Å²) in [5.41, 5.74) is 0.160. The zero-order chi connectivity index (χ0) is 15.4. The van der Waals surface area contributed by atoms with Gasteiger partial charge < -0.3 is 5.32 Å². The lowest BCUT2D eigenvalue weighted by Crippen LogP contribution is -2.25. The number of hydrogen-bond donors (Lipinski definition) is 1. The molecule has 0 aromatic heterocycles. The average Bonchev–Trinajstić information content (AvgIpc) is 2.45. The van der Waals surface area contributed by atoms with Crippen LogP contribution in [-0.4, -0.2) is 6.54 Å². The van der Waals surface area contributed by atoms with Crippen LogP contribution in [0.1, 0.15) is 30.5 Å². The second-order valence-corrected chi connectivity index (χ2v) is 5.10. The minimum absolute atomic E-state index is 0.154. The Balaban J connectivity index is 2.55. The quantitative estimate of drug-likeness (QED) is 0.832. The van der Waals surface area contributed by atoms with Gasteiger partial charge in [-0.05, 0) is 48.9 Å². The summed E-state index contributed by atoms with van der Waals surface area (Å²) in [5.74, 6) is -1.89. The van der Waals surface area contributed by atoms with E-state index >= 15 is 0 Å². The molecule has 0 heterocycles. The molecule has 5 heteroatoms. The van der Waals surface area contributed by atoms with Gasteiger partial charge in [-0.2, -0.15) is 0 Å². The lowest BCUT2D eigenvalue weighted by Gasteiger charge is -2.22. The van der Waals surface area contributed by atoms with Gasteiger partial charge in [0, 0.05) is 10.6 Å². The monoisotopic (exact) mass is 313 g/mol. The van der Waals surface area contributed by atoms with Crippen molar-refractivity contribution in [2.75, 3.05) is 6.54 Å². The lowest BCUT2D eigenvalue weighted by molar-refractivity contribution is 0.501. The summed E-state index contributed by atoms with van der Waals surface area (Å²) in [6.07, 6.45) is 0.763. The first-order chi connectivity index (χ1) is 10.0. The summed E-state index contributed by atoms with van der Waals surface area (Å²) in [6.45, 7) is 2.44. The van der Waals surface area contributed by atoms with E-state index in [1.807, 2.05) is 6.92 Å². The molecule has 2 aromatic carbocycles. The summed E-state index contributed by atoms with van der Waals surface area (Å²) >= 11 is 6.07. The summed E-state index contributed by atoms with van der Waals surface area (Å²) < 4.78 is 41.5. The van der Waals surface area contributed by atoms with Crippen molar-refractivity contribution >= 4 is 11.6 Å². The molecule has 1 atom stereocenters. The van der Waals surface area contributed by atoms with Gasteiger partial charge in [0.2, 0.25) is 0 Å². The molecular formula is C16H15ClF3N. The van der Waals surface area contributed by atoms with Crippen molar-refractivity contribution in [3.8, 4) is 0 Å². The second kappa shape index (κ2) is 6.96. The minimum atomic E-state index is -0.839. The summed E-state index contributed by atoms with van der Waals surface area (Å²) in [6, 6.07) is 6.58. The Labute approximate surface area is 126 Å². The molecule has 0 bridgehead atoms. The van der Waals surface area contributed by atoms with Crippen molar-refractivity contribution in [1.29, 1.82) is 0 Å². The van der Waals surface area contributed by atoms with Gasteiger partial charge in [-0.25, -0.2) is 13.2 Å². The molecule has 2 aromatic rings. The molecule has 0 fully saturated rings. The van der Waals surface area contributed by atoms with Gasteiger partial charge in [0.25, 0.3) is 0 Å². The maximum Gasteiger partial charge on any atom is 0.131 e. The minimum Gasteiger partial charge on any atom is -0.306 e. The summed E-state index contributed by atoms with van der Waals surface area (Å²) in [5, 5.41) is 3.28. The third kappa shape index (κ3) is 3.57. The van der Waals surface area contributed by atoms with Crippen LogP contribution >= 0.6 is 11.6 Å². The van der Waals surface area contributed by atoms with Gasteiger partial charge in [0.1, 0.15) is 17.5 Å². The summed E-state index contributed by atoms with van der Waals surface area (Å²) in [7, 11) is 0. The zero-order valence-corrected chi connectivity index (χ0v) is 12.2. The fourth-order valence-electron chi connectivity index (χ4n) is 2.18. The Hall–Kier alpha value is -1.52. The maximum absolute atomic E-state index is 14.0. The van der Waals surface area contributed by atoms with E-state index in [9.17, 15) is 13.2 Å². The SMILES string of the molecule is CCCNC(c1cc(F)ccc1Cl)c1c(F)cccc1F. The number of hydrogen-bond acceptors (Lipinski definition) is 1. The second-order valence-electron chi connectivity index (χ2n) is 4.69. The Morgan fingerprint density at radius 3 is 2.38 bits per heavy atom. The molecule has 2 rings (SSSR count). The van der Waals surface area contributed by atoms with Gasteiger partial charge in [0.05, 0.1) is 6.04 Å². The van der Waals surface area contributed by atoms with Gasteiger partial charge in [-0.1, -0.05) is 24.6 Å². The van der Waals surface area contributed by atoms with Crippen molar-refractivity contribution in [2.24, 2.45) is 0 Å². The highest BCUT2D eigenvalue weighted by Gasteiger charge is 2.23. The Morgan fingerprint density at radius 2 is 1.76 bits per heavy atom. The van der Waals surface area contributed by atoms with Crippen molar-refractivity contribution in [3.05, 3.63) is 70.0 Å². The van der Waals surface area contributed by atoms with Crippen LogP contribution in [0.25, 0.3) is 0 Å². The highest BCUT2D eigenvalue weighted by Crippen LogP contribution is 2.32. The normalized spacial score (nSPS) is 12.4. The molecule has 0 aliphatic carbocycles. The highest BCUT2D eigenvalue weighted by atomic mass is 35.5. The van der Waals surface area contributed by atoms with E-state index in [0.29, 0.717) is 12.1 Å². The highest BCUT2D eigenvalue weighted by molar-refractivity contribution is 6.31. The number of halogens is 4. The van der Waals surface area contributed by atoms with Crippen LogP contribution < -0.4 is 5.32 Å². The predicted molar refractivity (Wildman–Crippen MR) is 77.9 cm³/mol. The Morgan fingerprint density at radius 1 is 1.10 bits per heavy atom. The third-order valence-corrected chi connectivity index (χ3v) is 3.50. The Kier molecular flexibility index (Phi) is 5.26. The van der Waals surface area contributed by atoms with Crippen LogP contribution in [0.4, 0.5) is 13.2 Å². The molecule has 0 spiro atoms. The van der Waals surface area contributed by atoms with E-state index in [2.05, 4.69) is 5.32 Å². The molecule has 21 heavy (non-hydrogen) atoms. The van der Waals surface area contributed by atoms with Gasteiger partial charge in [-0.3, -0.25) is 0 Å². The van der Waals surface area contributed by atoms with Crippen molar-refractivity contribution in [3.63, 3.8) is 0 Å². The molecule has 0 amide bonds. The molecule has 0 saturated heterocycles. The molecule has 0 saturated carbocycles.